The van der Waals surface area contributed by atoms with Crippen LogP contribution in [0.3, 0.4) is 0 Å². The second-order valence-electron chi connectivity index (χ2n) is 6.09. The van der Waals surface area contributed by atoms with Crippen LogP contribution < -0.4 is 0 Å². The molecule has 1 aliphatic rings. The average Bonchev–Trinajstić information content (AvgIpc) is 2.91. The number of benzene rings is 1. The molecule has 4 rings (SSSR count). The molecule has 0 aliphatic carbocycles. The molecule has 0 fully saturated rings. The maximum Gasteiger partial charge on any atom is 0.137 e. The van der Waals surface area contributed by atoms with Gasteiger partial charge in [-0.2, -0.15) is 0 Å². The topological polar surface area (TPSA) is 43.6 Å². The molecule has 2 aromatic heterocycles. The summed E-state index contributed by atoms with van der Waals surface area (Å²) in [5.41, 5.74) is 6.96. The van der Waals surface area contributed by atoms with Crippen LogP contribution in [0.4, 0.5) is 0 Å². The van der Waals surface area contributed by atoms with Gasteiger partial charge in [-0.15, -0.1) is 10.2 Å². The maximum atomic E-state index is 6.65. The van der Waals surface area contributed by atoms with E-state index >= 15 is 0 Å². The van der Waals surface area contributed by atoms with Gasteiger partial charge in [0.25, 0.3) is 0 Å². The van der Waals surface area contributed by atoms with Gasteiger partial charge in [0, 0.05) is 24.4 Å². The number of rotatable bonds is 1. The van der Waals surface area contributed by atoms with E-state index in [0.29, 0.717) is 0 Å². The Morgan fingerprint density at radius 2 is 1.87 bits per heavy atom. The summed E-state index contributed by atoms with van der Waals surface area (Å²) in [6.07, 6.45) is 5.63. The van der Waals surface area contributed by atoms with Crippen LogP contribution in [-0.4, -0.2) is 19.7 Å². The summed E-state index contributed by atoms with van der Waals surface area (Å²) in [4.78, 5) is 4.34. The molecule has 0 saturated carbocycles. The Hall–Kier alpha value is -2.20. The number of hydrogen-bond donors (Lipinski definition) is 0. The third-order valence-electron chi connectivity index (χ3n) is 4.65. The molecule has 116 valence electrons. The zero-order valence-corrected chi connectivity index (χ0v) is 14.1. The lowest BCUT2D eigenvalue weighted by Crippen LogP contribution is -2.14. The number of nitrogens with zero attached hydrogens (tertiary/aromatic N) is 4. The van der Waals surface area contributed by atoms with Gasteiger partial charge in [-0.05, 0) is 61.6 Å². The van der Waals surface area contributed by atoms with E-state index in [0.717, 1.165) is 46.3 Å². The molecule has 0 bridgehead atoms. The smallest absolute Gasteiger partial charge is 0.137 e. The molecule has 0 spiro atoms. The van der Waals surface area contributed by atoms with E-state index in [1.807, 2.05) is 25.4 Å². The molecular weight excluding hydrogens is 308 g/mol. The fourth-order valence-electron chi connectivity index (χ4n) is 3.28. The van der Waals surface area contributed by atoms with Crippen molar-refractivity contribution in [3.05, 3.63) is 57.9 Å². The lowest BCUT2D eigenvalue weighted by atomic mass is 9.94. The Kier molecular flexibility index (Phi) is 3.23. The number of halogens is 1. The van der Waals surface area contributed by atoms with Crippen molar-refractivity contribution in [2.75, 3.05) is 0 Å². The van der Waals surface area contributed by atoms with Crippen molar-refractivity contribution in [3.63, 3.8) is 0 Å². The minimum Gasteiger partial charge on any atom is -0.281 e. The number of pyridine rings is 1. The van der Waals surface area contributed by atoms with Crippen molar-refractivity contribution >= 4 is 11.6 Å². The Balaban J connectivity index is 1.94. The molecule has 23 heavy (non-hydrogen) atoms. The highest BCUT2D eigenvalue weighted by atomic mass is 35.5. The molecule has 4 nitrogen and oxygen atoms in total. The maximum absolute atomic E-state index is 6.65. The summed E-state index contributed by atoms with van der Waals surface area (Å²) >= 11 is 6.65. The van der Waals surface area contributed by atoms with Crippen molar-refractivity contribution in [2.24, 2.45) is 0 Å². The van der Waals surface area contributed by atoms with Crippen LogP contribution in [0.25, 0.3) is 16.8 Å². The summed E-state index contributed by atoms with van der Waals surface area (Å²) in [5, 5.41) is 9.17. The Labute approximate surface area is 140 Å². The van der Waals surface area contributed by atoms with E-state index < -0.39 is 0 Å². The number of hydrogen-bond acceptors (Lipinski definition) is 3. The third-order valence-corrected chi connectivity index (χ3v) is 4.94. The highest BCUT2D eigenvalue weighted by molar-refractivity contribution is 6.33. The van der Waals surface area contributed by atoms with E-state index in [-0.39, 0.29) is 0 Å². The molecular formula is C18H17ClN4. The van der Waals surface area contributed by atoms with E-state index in [9.17, 15) is 0 Å². The Bertz CT molecular complexity index is 927. The first-order chi connectivity index (χ1) is 11.1. The largest absolute Gasteiger partial charge is 0.281 e. The molecule has 0 amide bonds. The lowest BCUT2D eigenvalue weighted by molar-refractivity contribution is 0.767. The van der Waals surface area contributed by atoms with E-state index in [1.54, 1.807) is 0 Å². The van der Waals surface area contributed by atoms with E-state index in [4.69, 9.17) is 11.6 Å². The molecule has 0 N–H and O–H groups in total. The van der Waals surface area contributed by atoms with Gasteiger partial charge in [0.05, 0.1) is 10.7 Å². The standard InChI is InChI=1S/C18H17ClN4/c1-10-8-20-9-15(11(10)2)14-6-13-4-5-17-22-21-12(3)23(17)18(13)16(19)7-14/h6-9H,4-5H2,1-3H3. The van der Waals surface area contributed by atoms with Crippen LogP contribution in [0.2, 0.25) is 5.02 Å². The Morgan fingerprint density at radius 3 is 2.70 bits per heavy atom. The molecule has 3 aromatic rings. The predicted molar refractivity (Wildman–Crippen MR) is 91.2 cm³/mol. The van der Waals surface area contributed by atoms with Crippen molar-refractivity contribution in [1.29, 1.82) is 0 Å². The Morgan fingerprint density at radius 1 is 1.04 bits per heavy atom. The van der Waals surface area contributed by atoms with Crippen molar-refractivity contribution in [1.82, 2.24) is 19.7 Å². The highest BCUT2D eigenvalue weighted by Gasteiger charge is 2.23. The van der Waals surface area contributed by atoms with E-state index in [1.165, 1.54) is 16.7 Å². The van der Waals surface area contributed by atoms with Crippen LogP contribution in [0.1, 0.15) is 28.3 Å². The summed E-state index contributed by atoms with van der Waals surface area (Å²) in [6, 6.07) is 4.26. The van der Waals surface area contributed by atoms with Crippen molar-refractivity contribution in [2.45, 2.75) is 33.6 Å². The highest BCUT2D eigenvalue weighted by Crippen LogP contribution is 2.36. The summed E-state index contributed by atoms with van der Waals surface area (Å²) in [5.74, 6) is 1.86. The number of aromatic nitrogens is 4. The molecule has 1 aliphatic heterocycles. The third kappa shape index (κ3) is 2.17. The molecule has 3 heterocycles. The van der Waals surface area contributed by atoms with Gasteiger partial charge in [0.2, 0.25) is 0 Å². The van der Waals surface area contributed by atoms with E-state index in [2.05, 4.69) is 39.7 Å². The first-order valence-electron chi connectivity index (χ1n) is 7.71. The fraction of sp³-hybridized carbons (Fsp3) is 0.278. The monoisotopic (exact) mass is 324 g/mol. The normalized spacial score (nSPS) is 12.9. The second kappa shape index (κ2) is 5.17. The van der Waals surface area contributed by atoms with Gasteiger partial charge in [-0.3, -0.25) is 9.55 Å². The minimum absolute atomic E-state index is 0.738. The lowest BCUT2D eigenvalue weighted by Gasteiger charge is -2.21. The van der Waals surface area contributed by atoms with Crippen LogP contribution in [0.15, 0.2) is 24.5 Å². The summed E-state index contributed by atoms with van der Waals surface area (Å²) < 4.78 is 2.08. The van der Waals surface area contributed by atoms with Gasteiger partial charge >= 0.3 is 0 Å². The van der Waals surface area contributed by atoms with Crippen LogP contribution >= 0.6 is 11.6 Å². The van der Waals surface area contributed by atoms with Crippen molar-refractivity contribution < 1.29 is 0 Å². The number of aryl methyl sites for hydroxylation is 4. The van der Waals surface area contributed by atoms with Gasteiger partial charge in [0.15, 0.2) is 0 Å². The zero-order valence-electron chi connectivity index (χ0n) is 13.4. The van der Waals surface area contributed by atoms with Gasteiger partial charge < -0.3 is 0 Å². The molecule has 0 saturated heterocycles. The van der Waals surface area contributed by atoms with Crippen LogP contribution in [0, 0.1) is 20.8 Å². The first kappa shape index (κ1) is 14.4. The zero-order chi connectivity index (χ0) is 16.1. The van der Waals surface area contributed by atoms with Gasteiger partial charge in [0.1, 0.15) is 11.6 Å². The first-order valence-corrected chi connectivity index (χ1v) is 8.09. The second-order valence-corrected chi connectivity index (χ2v) is 6.50. The predicted octanol–water partition coefficient (Wildman–Crippen LogP) is 4.01. The average molecular weight is 325 g/mol. The minimum atomic E-state index is 0.738. The van der Waals surface area contributed by atoms with Crippen LogP contribution in [0.5, 0.6) is 0 Å². The van der Waals surface area contributed by atoms with Crippen LogP contribution in [-0.2, 0) is 12.8 Å². The summed E-state index contributed by atoms with van der Waals surface area (Å²) in [7, 11) is 0. The molecule has 5 heteroatoms. The molecule has 0 atom stereocenters. The fourth-order valence-corrected chi connectivity index (χ4v) is 3.60. The summed E-state index contributed by atoms with van der Waals surface area (Å²) in [6.45, 7) is 6.17. The van der Waals surface area contributed by atoms with Gasteiger partial charge in [-0.25, -0.2) is 0 Å². The van der Waals surface area contributed by atoms with Gasteiger partial charge in [-0.1, -0.05) is 11.6 Å². The SMILES string of the molecule is Cc1cncc(-c2cc(Cl)c3c(c2)CCc2nnc(C)n2-3)c1C. The molecule has 1 aromatic carbocycles. The molecule has 0 radical (unpaired) electrons. The molecule has 0 unspecified atom stereocenters. The quantitative estimate of drug-likeness (QED) is 0.679. The number of fused-ring (bicyclic) bond motifs is 3. The van der Waals surface area contributed by atoms with Crippen molar-refractivity contribution in [3.8, 4) is 16.8 Å².